The molecule has 1 saturated heterocycles. The number of likely N-dealkylation sites (tertiary alicyclic amines) is 1. The molecular weight excluding hydrogens is 751 g/mol. The van der Waals surface area contributed by atoms with Crippen LogP contribution in [-0.4, -0.2) is 76.8 Å². The molecule has 3 fully saturated rings. The lowest BCUT2D eigenvalue weighted by molar-refractivity contribution is -0.125. The first-order valence-corrected chi connectivity index (χ1v) is 21.5. The highest BCUT2D eigenvalue weighted by molar-refractivity contribution is 5.98. The van der Waals surface area contributed by atoms with Gasteiger partial charge in [-0.3, -0.25) is 9.59 Å². The van der Waals surface area contributed by atoms with E-state index in [1.807, 2.05) is 59.4 Å². The van der Waals surface area contributed by atoms with E-state index >= 15 is 4.39 Å². The Balaban J connectivity index is 0.000000439. The van der Waals surface area contributed by atoms with E-state index in [-0.39, 0.29) is 49.0 Å². The molecule has 59 heavy (non-hydrogen) atoms. The fraction of sp³-hybridized carbons (Fsp3) is 0.521. The minimum absolute atomic E-state index is 0.0699. The van der Waals surface area contributed by atoms with Crippen LogP contribution in [0.15, 0.2) is 71.0 Å². The number of carbonyl (C=O) groups excluding carboxylic acids is 3. The summed E-state index contributed by atoms with van der Waals surface area (Å²) in [4.78, 5) is 42.4. The number of ether oxygens (including phenoxy) is 1. The molecule has 320 valence electrons. The van der Waals surface area contributed by atoms with Gasteiger partial charge >= 0.3 is 6.09 Å². The van der Waals surface area contributed by atoms with Crippen molar-refractivity contribution in [1.82, 2.24) is 20.4 Å². The molecule has 11 heteroatoms. The zero-order valence-electron chi connectivity index (χ0n) is 36.0. The van der Waals surface area contributed by atoms with Gasteiger partial charge in [-0.1, -0.05) is 49.8 Å². The van der Waals surface area contributed by atoms with E-state index in [0.29, 0.717) is 30.9 Å². The van der Waals surface area contributed by atoms with Crippen LogP contribution in [0.4, 0.5) is 13.6 Å². The second-order valence-corrected chi connectivity index (χ2v) is 17.1. The summed E-state index contributed by atoms with van der Waals surface area (Å²) in [5.41, 5.74) is 6.57. The highest BCUT2D eigenvalue weighted by atomic mass is 19.1. The van der Waals surface area contributed by atoms with Gasteiger partial charge in [0.15, 0.2) is 0 Å². The number of allylic oxidation sites excluding steroid dienone is 3. The van der Waals surface area contributed by atoms with Crippen LogP contribution in [0, 0.1) is 11.7 Å². The van der Waals surface area contributed by atoms with Gasteiger partial charge in [-0.2, -0.15) is 0 Å². The lowest BCUT2D eigenvalue weighted by Crippen LogP contribution is -2.46. The van der Waals surface area contributed by atoms with Crippen molar-refractivity contribution in [2.24, 2.45) is 5.92 Å². The second-order valence-electron chi connectivity index (χ2n) is 17.1. The molecule has 1 aliphatic heterocycles. The quantitative estimate of drug-likeness (QED) is 0.186. The maximum atomic E-state index is 15.1. The van der Waals surface area contributed by atoms with Crippen LogP contribution in [-0.2, 0) is 20.7 Å². The minimum atomic E-state index is -1.17. The highest BCUT2D eigenvalue weighted by Gasteiger charge is 2.40. The summed E-state index contributed by atoms with van der Waals surface area (Å²) in [6, 6.07) is 8.75. The standard InChI is InChI=1S/C38H43F2N3O3.C10H21NO2/c1-3-25-17-28-11-14-30(39)18-29(28)13-16-33(25)37(45)41-21-36(27-5-4-6-27)43-22-31(40)19-35(43)38(46)42-23(2)34-20-32(44)15-12-26(34)10-9-24-7-8-24;1-6-8-11(7-2)9(12)13-10(3,4)5/h9-16,18,20,23-24,31,35,44H,3-8,17,19,21-22H2,1-2H3,(H,41,45)(H,42,46);6-8H2,1-5H3/b10-9+;/t23-,31+,35?;/m0./s1. The summed E-state index contributed by atoms with van der Waals surface area (Å²) >= 11 is 0. The van der Waals surface area contributed by atoms with E-state index in [1.54, 1.807) is 35.3 Å². The number of benzene rings is 2. The molecule has 3 N–H and O–H groups in total. The summed E-state index contributed by atoms with van der Waals surface area (Å²) in [5.74, 6) is -0.115. The Morgan fingerprint density at radius 3 is 2.44 bits per heavy atom. The molecule has 2 aromatic rings. The third kappa shape index (κ3) is 12.5. The number of phenols is 1. The first-order valence-electron chi connectivity index (χ1n) is 21.5. The third-order valence-electron chi connectivity index (χ3n) is 11.3. The van der Waals surface area contributed by atoms with Crippen LogP contribution in [0.25, 0.3) is 12.2 Å². The monoisotopic (exact) mass is 814 g/mol. The SMILES string of the molecule is CCC1=C(C(=O)NCC(=C2CCC2)N2C[C@H](F)CC2C(=O)N[C@@H](C)c2cc(O)ccc2/C=C/C2CC2)C=Cc2cc(F)ccc2C1.CCCN(CC)C(=O)OC(C)(C)C. The number of nitrogens with zero attached hydrogens (tertiary/aromatic N) is 2. The third-order valence-corrected chi connectivity index (χ3v) is 11.3. The van der Waals surface area contributed by atoms with Crippen molar-refractivity contribution in [3.05, 3.63) is 99.0 Å². The van der Waals surface area contributed by atoms with Gasteiger partial charge in [0.2, 0.25) is 5.91 Å². The lowest BCUT2D eigenvalue weighted by Gasteiger charge is -2.34. The van der Waals surface area contributed by atoms with Crippen LogP contribution in [0.5, 0.6) is 5.75 Å². The molecule has 0 radical (unpaired) electrons. The summed E-state index contributed by atoms with van der Waals surface area (Å²) in [6.45, 7) is 15.3. The zero-order chi connectivity index (χ0) is 42.9. The lowest BCUT2D eigenvalue weighted by atomic mass is 9.89. The van der Waals surface area contributed by atoms with Crippen molar-refractivity contribution in [1.29, 1.82) is 0 Å². The fourth-order valence-electron chi connectivity index (χ4n) is 7.69. The van der Waals surface area contributed by atoms with Gasteiger partial charge in [0.05, 0.1) is 12.6 Å². The highest BCUT2D eigenvalue weighted by Crippen LogP contribution is 2.36. The number of phenolic OH excluding ortho intramolecular Hbond substituents is 1. The second kappa shape index (κ2) is 20.4. The minimum Gasteiger partial charge on any atom is -0.508 e. The van der Waals surface area contributed by atoms with Gasteiger partial charge < -0.3 is 30.3 Å². The van der Waals surface area contributed by atoms with E-state index in [4.69, 9.17) is 4.74 Å². The number of amides is 3. The van der Waals surface area contributed by atoms with Crippen molar-refractivity contribution in [2.75, 3.05) is 26.2 Å². The molecule has 0 aromatic heterocycles. The molecule has 9 nitrogen and oxygen atoms in total. The number of hydrogen-bond acceptors (Lipinski definition) is 6. The van der Waals surface area contributed by atoms with Crippen LogP contribution in [0.1, 0.15) is 128 Å². The molecule has 3 amide bonds. The van der Waals surface area contributed by atoms with Crippen molar-refractivity contribution in [2.45, 2.75) is 130 Å². The topological polar surface area (TPSA) is 111 Å². The summed E-state index contributed by atoms with van der Waals surface area (Å²) in [7, 11) is 0. The molecule has 3 aliphatic carbocycles. The summed E-state index contributed by atoms with van der Waals surface area (Å²) in [6.07, 6.45) is 13.7. The molecule has 2 aromatic carbocycles. The Morgan fingerprint density at radius 2 is 1.81 bits per heavy atom. The van der Waals surface area contributed by atoms with Crippen LogP contribution in [0.2, 0.25) is 0 Å². The van der Waals surface area contributed by atoms with Gasteiger partial charge in [-0.05, 0) is 150 Å². The Bertz CT molecular complexity index is 1950. The normalized spacial score (nSPS) is 19.3. The van der Waals surface area contributed by atoms with Gasteiger partial charge in [0, 0.05) is 37.3 Å². The molecular formula is C48H64F2N4O5. The number of fused-ring (bicyclic) bond motifs is 1. The van der Waals surface area contributed by atoms with Gasteiger partial charge in [0.1, 0.15) is 29.4 Å². The number of nitrogens with one attached hydrogen (secondary N) is 2. The van der Waals surface area contributed by atoms with Gasteiger partial charge in [-0.15, -0.1) is 0 Å². The Kier molecular flexibility index (Phi) is 15.6. The predicted molar refractivity (Wildman–Crippen MR) is 231 cm³/mol. The molecule has 0 spiro atoms. The van der Waals surface area contributed by atoms with E-state index in [2.05, 4.69) is 22.8 Å². The number of hydrogen-bond donors (Lipinski definition) is 3. The van der Waals surface area contributed by atoms with Crippen LogP contribution in [0.3, 0.4) is 0 Å². The smallest absolute Gasteiger partial charge is 0.410 e. The largest absolute Gasteiger partial charge is 0.508 e. The maximum Gasteiger partial charge on any atom is 0.410 e. The zero-order valence-corrected chi connectivity index (χ0v) is 36.0. The number of alkyl halides is 1. The van der Waals surface area contributed by atoms with E-state index in [9.17, 15) is 23.9 Å². The number of carbonyl (C=O) groups is 3. The predicted octanol–water partition coefficient (Wildman–Crippen LogP) is 9.73. The van der Waals surface area contributed by atoms with E-state index in [0.717, 1.165) is 71.3 Å². The maximum absolute atomic E-state index is 15.1. The van der Waals surface area contributed by atoms with Crippen molar-refractivity contribution in [3.8, 4) is 5.75 Å². The van der Waals surface area contributed by atoms with Crippen LogP contribution >= 0.6 is 0 Å². The Labute approximate surface area is 349 Å². The number of rotatable bonds is 13. The van der Waals surface area contributed by atoms with Crippen molar-refractivity contribution < 1.29 is 33.0 Å². The average molecular weight is 815 g/mol. The molecule has 1 heterocycles. The molecule has 2 saturated carbocycles. The van der Waals surface area contributed by atoms with E-state index < -0.39 is 23.9 Å². The first kappa shape index (κ1) is 45.2. The molecule has 4 aliphatic rings. The fourth-order valence-corrected chi connectivity index (χ4v) is 7.69. The van der Waals surface area contributed by atoms with Crippen molar-refractivity contribution in [3.63, 3.8) is 0 Å². The van der Waals surface area contributed by atoms with Crippen molar-refractivity contribution >= 4 is 30.1 Å². The Hall–Kier alpha value is -4.93. The van der Waals surface area contributed by atoms with E-state index in [1.165, 1.54) is 25.0 Å². The molecule has 0 bridgehead atoms. The summed E-state index contributed by atoms with van der Waals surface area (Å²) in [5, 5.41) is 16.4. The number of halogens is 2. The van der Waals surface area contributed by atoms with Gasteiger partial charge in [-0.25, -0.2) is 13.6 Å². The van der Waals surface area contributed by atoms with Crippen LogP contribution < -0.4 is 10.6 Å². The first-order chi connectivity index (χ1) is 28.1. The molecule has 3 atom stereocenters. The van der Waals surface area contributed by atoms with Gasteiger partial charge in [0.25, 0.3) is 5.91 Å². The molecule has 1 unspecified atom stereocenters. The average Bonchev–Trinajstić information content (AvgIpc) is 3.94. The summed E-state index contributed by atoms with van der Waals surface area (Å²) < 4.78 is 34.2. The molecule has 6 rings (SSSR count). The Morgan fingerprint density at radius 1 is 1.07 bits per heavy atom. The number of aromatic hydroxyl groups is 1.